The lowest BCUT2D eigenvalue weighted by atomic mass is 10.2. The van der Waals surface area contributed by atoms with Gasteiger partial charge in [0.1, 0.15) is 5.82 Å². The Morgan fingerprint density at radius 2 is 2.09 bits per heavy atom. The van der Waals surface area contributed by atoms with E-state index < -0.39 is 0 Å². The van der Waals surface area contributed by atoms with Gasteiger partial charge in [0.2, 0.25) is 0 Å². The van der Waals surface area contributed by atoms with E-state index in [1.54, 1.807) is 6.07 Å². The van der Waals surface area contributed by atoms with E-state index in [0.29, 0.717) is 29.2 Å². The molecule has 1 aromatic carbocycles. The summed E-state index contributed by atoms with van der Waals surface area (Å²) in [5.41, 5.74) is 1.01. The van der Waals surface area contributed by atoms with Crippen molar-refractivity contribution < 1.29 is 0 Å². The zero-order chi connectivity index (χ0) is 16.6. The lowest BCUT2D eigenvalue weighted by Gasteiger charge is -2.17. The molecule has 3 rings (SSSR count). The Labute approximate surface area is 151 Å². The Morgan fingerprint density at radius 3 is 2.74 bits per heavy atom. The minimum absolute atomic E-state index is 0.584. The molecule has 4 nitrogen and oxygen atoms in total. The first kappa shape index (κ1) is 17.0. The average molecular weight is 371 g/mol. The standard InChI is InChI=1S/C16H20Cl2N4S/c1-3-21-15(11-7-8-11)19-22(16(21)23)10-20(2)9-12-5-4-6-13(17)14(12)18/h4-6,11H,3,7-10H2,1-2H3. The smallest absolute Gasteiger partial charge is 0.199 e. The summed E-state index contributed by atoms with van der Waals surface area (Å²) >= 11 is 17.9. The van der Waals surface area contributed by atoms with Crippen molar-refractivity contribution in [2.75, 3.05) is 7.05 Å². The SMILES string of the molecule is CCn1c(C2CC2)nn(CN(C)Cc2cccc(Cl)c2Cl)c1=S. The van der Waals surface area contributed by atoms with Gasteiger partial charge < -0.3 is 4.57 Å². The summed E-state index contributed by atoms with van der Waals surface area (Å²) in [4.78, 5) is 2.14. The molecule has 2 aromatic rings. The molecule has 0 bridgehead atoms. The van der Waals surface area contributed by atoms with Crippen LogP contribution in [0.3, 0.4) is 0 Å². The molecule has 1 aliphatic rings. The Morgan fingerprint density at radius 1 is 1.35 bits per heavy atom. The summed E-state index contributed by atoms with van der Waals surface area (Å²) < 4.78 is 4.84. The third-order valence-corrected chi connectivity index (χ3v) is 5.35. The van der Waals surface area contributed by atoms with Crippen LogP contribution in [0.4, 0.5) is 0 Å². The molecule has 0 saturated heterocycles. The molecule has 0 spiro atoms. The highest BCUT2D eigenvalue weighted by atomic mass is 35.5. The second kappa shape index (κ2) is 6.93. The van der Waals surface area contributed by atoms with E-state index in [1.165, 1.54) is 12.8 Å². The number of halogens is 2. The summed E-state index contributed by atoms with van der Waals surface area (Å²) in [6, 6.07) is 5.71. The number of hydrogen-bond acceptors (Lipinski definition) is 3. The average Bonchev–Trinajstić information content (AvgIpc) is 3.31. The Hall–Kier alpha value is -0.880. The van der Waals surface area contributed by atoms with Gasteiger partial charge in [-0.3, -0.25) is 4.90 Å². The summed E-state index contributed by atoms with van der Waals surface area (Å²) in [7, 11) is 2.03. The van der Waals surface area contributed by atoms with Gasteiger partial charge in [-0.25, -0.2) is 4.68 Å². The summed E-state index contributed by atoms with van der Waals surface area (Å²) in [5.74, 6) is 1.72. The summed E-state index contributed by atoms with van der Waals surface area (Å²) in [5, 5.41) is 5.94. The monoisotopic (exact) mass is 370 g/mol. The van der Waals surface area contributed by atoms with E-state index in [9.17, 15) is 0 Å². The molecule has 0 amide bonds. The van der Waals surface area contributed by atoms with Crippen molar-refractivity contribution in [3.05, 3.63) is 44.4 Å². The molecule has 7 heteroatoms. The molecule has 0 N–H and O–H groups in total. The minimum atomic E-state index is 0.584. The van der Waals surface area contributed by atoms with Crippen molar-refractivity contribution in [2.24, 2.45) is 0 Å². The van der Waals surface area contributed by atoms with E-state index in [4.69, 9.17) is 40.5 Å². The van der Waals surface area contributed by atoms with Crippen LogP contribution in [0, 0.1) is 4.77 Å². The van der Waals surface area contributed by atoms with Crippen LogP contribution in [0.1, 0.15) is 37.1 Å². The molecule has 1 aromatic heterocycles. The maximum Gasteiger partial charge on any atom is 0.199 e. The van der Waals surface area contributed by atoms with Gasteiger partial charge in [-0.05, 0) is 50.7 Å². The Bertz CT molecular complexity index is 764. The second-order valence-electron chi connectivity index (χ2n) is 6.03. The van der Waals surface area contributed by atoms with Gasteiger partial charge in [0.25, 0.3) is 0 Å². The predicted octanol–water partition coefficient (Wildman–Crippen LogP) is 4.71. The van der Waals surface area contributed by atoms with Gasteiger partial charge in [0.05, 0.1) is 16.7 Å². The van der Waals surface area contributed by atoms with Gasteiger partial charge in [-0.2, -0.15) is 5.10 Å². The van der Waals surface area contributed by atoms with E-state index in [0.717, 1.165) is 22.7 Å². The molecule has 1 fully saturated rings. The van der Waals surface area contributed by atoms with Crippen LogP contribution in [0.2, 0.25) is 10.0 Å². The van der Waals surface area contributed by atoms with Crippen LogP contribution in [-0.2, 0) is 19.8 Å². The first-order valence-corrected chi connectivity index (χ1v) is 8.96. The van der Waals surface area contributed by atoms with Gasteiger partial charge in [-0.15, -0.1) is 0 Å². The van der Waals surface area contributed by atoms with Crippen molar-refractivity contribution in [3.63, 3.8) is 0 Å². The highest BCUT2D eigenvalue weighted by molar-refractivity contribution is 7.71. The molecule has 23 heavy (non-hydrogen) atoms. The highest BCUT2D eigenvalue weighted by Crippen LogP contribution is 2.39. The first-order valence-electron chi connectivity index (χ1n) is 7.80. The topological polar surface area (TPSA) is 26.0 Å². The lowest BCUT2D eigenvalue weighted by Crippen LogP contribution is -2.23. The molecule has 0 aliphatic heterocycles. The van der Waals surface area contributed by atoms with Crippen molar-refractivity contribution in [2.45, 2.75) is 45.4 Å². The maximum atomic E-state index is 6.27. The van der Waals surface area contributed by atoms with Crippen LogP contribution < -0.4 is 0 Å². The van der Waals surface area contributed by atoms with Crippen LogP contribution >= 0.6 is 35.4 Å². The van der Waals surface area contributed by atoms with Gasteiger partial charge in [0.15, 0.2) is 4.77 Å². The molecule has 0 radical (unpaired) electrons. The van der Waals surface area contributed by atoms with Gasteiger partial charge in [-0.1, -0.05) is 35.3 Å². The van der Waals surface area contributed by atoms with E-state index >= 15 is 0 Å². The predicted molar refractivity (Wildman–Crippen MR) is 96.6 cm³/mol. The van der Waals surface area contributed by atoms with Gasteiger partial charge >= 0.3 is 0 Å². The molecule has 124 valence electrons. The van der Waals surface area contributed by atoms with Crippen LogP contribution in [0.5, 0.6) is 0 Å². The molecule has 1 aliphatic carbocycles. The summed E-state index contributed by atoms with van der Waals surface area (Å²) in [6.07, 6.45) is 2.44. The maximum absolute atomic E-state index is 6.27. The fraction of sp³-hybridized carbons (Fsp3) is 0.500. The second-order valence-corrected chi connectivity index (χ2v) is 7.18. The highest BCUT2D eigenvalue weighted by Gasteiger charge is 2.29. The molecular formula is C16H20Cl2N4S. The lowest BCUT2D eigenvalue weighted by molar-refractivity contribution is 0.243. The molecular weight excluding hydrogens is 351 g/mol. The number of rotatable bonds is 6. The quantitative estimate of drug-likeness (QED) is 0.688. The van der Waals surface area contributed by atoms with E-state index in [2.05, 4.69) is 16.4 Å². The van der Waals surface area contributed by atoms with Crippen molar-refractivity contribution in [3.8, 4) is 0 Å². The summed E-state index contributed by atoms with van der Waals surface area (Å²) in [6.45, 7) is 4.31. The van der Waals surface area contributed by atoms with Crippen molar-refractivity contribution >= 4 is 35.4 Å². The molecule has 0 atom stereocenters. The number of aromatic nitrogens is 3. The fourth-order valence-electron chi connectivity index (χ4n) is 2.73. The number of benzene rings is 1. The third kappa shape index (κ3) is 3.63. The van der Waals surface area contributed by atoms with Crippen LogP contribution in [0.25, 0.3) is 0 Å². The van der Waals surface area contributed by atoms with Crippen molar-refractivity contribution in [1.29, 1.82) is 0 Å². The van der Waals surface area contributed by atoms with Crippen LogP contribution in [0.15, 0.2) is 18.2 Å². The molecule has 1 saturated carbocycles. The zero-order valence-corrected chi connectivity index (χ0v) is 15.6. The van der Waals surface area contributed by atoms with E-state index in [-0.39, 0.29) is 0 Å². The molecule has 0 unspecified atom stereocenters. The number of hydrogen-bond donors (Lipinski definition) is 0. The largest absolute Gasteiger partial charge is 0.304 e. The third-order valence-electron chi connectivity index (χ3n) is 4.06. The zero-order valence-electron chi connectivity index (χ0n) is 13.3. The Kier molecular flexibility index (Phi) is 5.11. The van der Waals surface area contributed by atoms with Gasteiger partial charge in [0, 0.05) is 19.0 Å². The number of nitrogens with zero attached hydrogens (tertiary/aromatic N) is 4. The minimum Gasteiger partial charge on any atom is -0.304 e. The first-order chi connectivity index (χ1) is 11.0. The van der Waals surface area contributed by atoms with E-state index in [1.807, 2.05) is 23.9 Å². The Balaban J connectivity index is 1.76. The normalized spacial score (nSPS) is 14.7. The van der Waals surface area contributed by atoms with Crippen molar-refractivity contribution in [1.82, 2.24) is 19.2 Å². The van der Waals surface area contributed by atoms with Crippen LogP contribution in [-0.4, -0.2) is 26.3 Å². The molecule has 1 heterocycles. The fourth-order valence-corrected chi connectivity index (χ4v) is 3.43.